The van der Waals surface area contributed by atoms with Crippen LogP contribution in [0.2, 0.25) is 0 Å². The number of ether oxygens (including phenoxy) is 1. The van der Waals surface area contributed by atoms with Gasteiger partial charge in [0.25, 0.3) is 5.56 Å². The van der Waals surface area contributed by atoms with Crippen molar-refractivity contribution in [2.75, 3.05) is 13.1 Å². The summed E-state index contributed by atoms with van der Waals surface area (Å²) in [5, 5.41) is 5.17. The van der Waals surface area contributed by atoms with Crippen LogP contribution in [0.5, 0.6) is 0 Å². The lowest BCUT2D eigenvalue weighted by Gasteiger charge is -2.22. The number of piperidine rings is 1. The monoisotopic (exact) mass is 265 g/mol. The SMILES string of the molecule is O=c1[nH]c(COC2CCCNC2)nc2ccsc12. The van der Waals surface area contributed by atoms with Crippen LogP contribution in [0.3, 0.4) is 0 Å². The minimum absolute atomic E-state index is 0.0737. The fraction of sp³-hybridized carbons (Fsp3) is 0.500. The molecule has 3 heterocycles. The average molecular weight is 265 g/mol. The lowest BCUT2D eigenvalue weighted by Crippen LogP contribution is -2.35. The maximum Gasteiger partial charge on any atom is 0.268 e. The van der Waals surface area contributed by atoms with Gasteiger partial charge in [-0.15, -0.1) is 11.3 Å². The van der Waals surface area contributed by atoms with Crippen LogP contribution in [-0.2, 0) is 11.3 Å². The molecule has 0 amide bonds. The van der Waals surface area contributed by atoms with E-state index in [0.29, 0.717) is 17.1 Å². The number of aromatic amines is 1. The van der Waals surface area contributed by atoms with Crippen LogP contribution in [0.25, 0.3) is 10.2 Å². The van der Waals surface area contributed by atoms with Crippen molar-refractivity contribution < 1.29 is 4.74 Å². The molecular formula is C12H15N3O2S. The molecule has 0 spiro atoms. The predicted molar refractivity (Wildman–Crippen MR) is 70.9 cm³/mol. The first-order valence-electron chi connectivity index (χ1n) is 6.11. The third kappa shape index (κ3) is 2.45. The first kappa shape index (κ1) is 11.8. The molecule has 5 nitrogen and oxygen atoms in total. The Kier molecular flexibility index (Phi) is 3.40. The van der Waals surface area contributed by atoms with Crippen LogP contribution in [0.1, 0.15) is 18.7 Å². The van der Waals surface area contributed by atoms with E-state index in [1.165, 1.54) is 11.3 Å². The Morgan fingerprint density at radius 3 is 3.33 bits per heavy atom. The van der Waals surface area contributed by atoms with Crippen LogP contribution in [0.15, 0.2) is 16.2 Å². The Morgan fingerprint density at radius 2 is 2.50 bits per heavy atom. The summed E-state index contributed by atoms with van der Waals surface area (Å²) in [6.07, 6.45) is 2.43. The van der Waals surface area contributed by atoms with E-state index >= 15 is 0 Å². The Bertz CT molecular complexity index is 586. The molecule has 0 aromatic carbocycles. The largest absolute Gasteiger partial charge is 0.369 e. The fourth-order valence-electron chi connectivity index (χ4n) is 2.15. The average Bonchev–Trinajstić information content (AvgIpc) is 2.86. The zero-order valence-electron chi connectivity index (χ0n) is 9.94. The van der Waals surface area contributed by atoms with E-state index in [1.54, 1.807) is 0 Å². The highest BCUT2D eigenvalue weighted by Crippen LogP contribution is 2.14. The molecule has 2 N–H and O–H groups in total. The fourth-order valence-corrected chi connectivity index (χ4v) is 2.87. The van der Waals surface area contributed by atoms with Gasteiger partial charge in [-0.3, -0.25) is 4.79 Å². The van der Waals surface area contributed by atoms with Gasteiger partial charge in [-0.1, -0.05) is 0 Å². The zero-order chi connectivity index (χ0) is 12.4. The Morgan fingerprint density at radius 1 is 1.56 bits per heavy atom. The molecule has 1 atom stereocenters. The van der Waals surface area contributed by atoms with E-state index < -0.39 is 0 Å². The van der Waals surface area contributed by atoms with Gasteiger partial charge < -0.3 is 15.0 Å². The molecular weight excluding hydrogens is 250 g/mol. The number of rotatable bonds is 3. The summed E-state index contributed by atoms with van der Waals surface area (Å²) in [4.78, 5) is 18.9. The molecule has 1 aliphatic heterocycles. The number of nitrogens with one attached hydrogen (secondary N) is 2. The molecule has 1 aliphatic rings. The molecule has 0 radical (unpaired) electrons. The van der Waals surface area contributed by atoms with E-state index in [2.05, 4.69) is 15.3 Å². The van der Waals surface area contributed by atoms with Crippen molar-refractivity contribution in [1.29, 1.82) is 0 Å². The summed E-state index contributed by atoms with van der Waals surface area (Å²) in [6.45, 7) is 2.31. The lowest BCUT2D eigenvalue weighted by atomic mass is 10.1. The van der Waals surface area contributed by atoms with Crippen molar-refractivity contribution in [3.05, 3.63) is 27.6 Å². The lowest BCUT2D eigenvalue weighted by molar-refractivity contribution is 0.0219. The van der Waals surface area contributed by atoms with Gasteiger partial charge in [-0.2, -0.15) is 0 Å². The molecule has 0 saturated carbocycles. The molecule has 0 bridgehead atoms. The summed E-state index contributed by atoms with van der Waals surface area (Å²) in [5.74, 6) is 0.608. The van der Waals surface area contributed by atoms with Gasteiger partial charge in [0, 0.05) is 6.54 Å². The molecule has 1 saturated heterocycles. The van der Waals surface area contributed by atoms with Gasteiger partial charge in [0.1, 0.15) is 17.1 Å². The minimum atomic E-state index is -0.0737. The Balaban J connectivity index is 1.72. The zero-order valence-corrected chi connectivity index (χ0v) is 10.8. The number of H-pyrrole nitrogens is 1. The molecule has 2 aromatic heterocycles. The van der Waals surface area contributed by atoms with E-state index in [4.69, 9.17) is 4.74 Å². The minimum Gasteiger partial charge on any atom is -0.369 e. The van der Waals surface area contributed by atoms with E-state index in [-0.39, 0.29) is 11.7 Å². The molecule has 1 unspecified atom stereocenters. The number of hydrogen-bond acceptors (Lipinski definition) is 5. The van der Waals surface area contributed by atoms with Crippen molar-refractivity contribution in [2.24, 2.45) is 0 Å². The number of fused-ring (bicyclic) bond motifs is 1. The number of nitrogens with zero attached hydrogens (tertiary/aromatic N) is 1. The summed E-state index contributed by atoms with van der Waals surface area (Å²) < 4.78 is 6.44. The van der Waals surface area contributed by atoms with Crippen molar-refractivity contribution in [1.82, 2.24) is 15.3 Å². The highest BCUT2D eigenvalue weighted by molar-refractivity contribution is 7.17. The second kappa shape index (κ2) is 5.17. The molecule has 2 aromatic rings. The molecule has 18 heavy (non-hydrogen) atoms. The first-order chi connectivity index (χ1) is 8.83. The van der Waals surface area contributed by atoms with Crippen LogP contribution in [0, 0.1) is 0 Å². The third-order valence-electron chi connectivity index (χ3n) is 3.07. The second-order valence-electron chi connectivity index (χ2n) is 4.43. The standard InChI is InChI=1S/C12H15N3O2S/c16-12-11-9(3-5-18-11)14-10(15-12)7-17-8-2-1-4-13-6-8/h3,5,8,13H,1-2,4,6-7H2,(H,14,15,16). The number of aromatic nitrogens is 2. The Hall–Kier alpha value is -1.24. The number of thiophene rings is 1. The van der Waals surface area contributed by atoms with Crippen molar-refractivity contribution in [3.63, 3.8) is 0 Å². The maximum atomic E-state index is 11.8. The van der Waals surface area contributed by atoms with Crippen molar-refractivity contribution >= 4 is 21.6 Å². The van der Waals surface area contributed by atoms with Crippen molar-refractivity contribution in [3.8, 4) is 0 Å². The van der Waals surface area contributed by atoms with Gasteiger partial charge in [0.05, 0.1) is 11.6 Å². The van der Waals surface area contributed by atoms with Gasteiger partial charge >= 0.3 is 0 Å². The highest BCUT2D eigenvalue weighted by Gasteiger charge is 2.14. The molecule has 0 aliphatic carbocycles. The molecule has 96 valence electrons. The van der Waals surface area contributed by atoms with E-state index in [9.17, 15) is 4.79 Å². The van der Waals surface area contributed by atoms with E-state index in [0.717, 1.165) is 31.4 Å². The Labute approximate surface area is 108 Å². The molecule has 1 fully saturated rings. The highest BCUT2D eigenvalue weighted by atomic mass is 32.1. The van der Waals surface area contributed by atoms with Gasteiger partial charge in [-0.25, -0.2) is 4.98 Å². The maximum absolute atomic E-state index is 11.8. The van der Waals surface area contributed by atoms with Gasteiger partial charge in [0.15, 0.2) is 0 Å². The van der Waals surface area contributed by atoms with Crippen LogP contribution in [0.4, 0.5) is 0 Å². The normalized spacial score (nSPS) is 20.3. The molecule has 3 rings (SSSR count). The van der Waals surface area contributed by atoms with Crippen molar-refractivity contribution in [2.45, 2.75) is 25.6 Å². The quantitative estimate of drug-likeness (QED) is 0.876. The summed E-state index contributed by atoms with van der Waals surface area (Å²) >= 11 is 1.41. The number of hydrogen-bond donors (Lipinski definition) is 2. The first-order valence-corrected chi connectivity index (χ1v) is 6.99. The van der Waals surface area contributed by atoms with Gasteiger partial charge in [-0.05, 0) is 30.8 Å². The predicted octanol–water partition coefficient (Wildman–Crippen LogP) is 1.25. The summed E-state index contributed by atoms with van der Waals surface area (Å²) in [6, 6.07) is 1.86. The molecule has 6 heteroatoms. The third-order valence-corrected chi connectivity index (χ3v) is 3.97. The van der Waals surface area contributed by atoms with Crippen LogP contribution >= 0.6 is 11.3 Å². The van der Waals surface area contributed by atoms with Gasteiger partial charge in [0.2, 0.25) is 0 Å². The van der Waals surface area contributed by atoms with E-state index in [1.807, 2.05) is 11.4 Å². The van der Waals surface area contributed by atoms with Crippen LogP contribution in [-0.4, -0.2) is 29.2 Å². The topological polar surface area (TPSA) is 67.0 Å². The summed E-state index contributed by atoms with van der Waals surface area (Å²) in [7, 11) is 0. The smallest absolute Gasteiger partial charge is 0.268 e. The second-order valence-corrected chi connectivity index (χ2v) is 5.34. The van der Waals surface area contributed by atoms with Crippen LogP contribution < -0.4 is 10.9 Å². The summed E-state index contributed by atoms with van der Waals surface area (Å²) in [5.41, 5.74) is 0.680.